The number of anilines is 1. The molecule has 0 aliphatic heterocycles. The van der Waals surface area contributed by atoms with E-state index in [0.29, 0.717) is 17.3 Å². The minimum Gasteiger partial charge on any atom is -0.327 e. The number of carbonyl (C=O) groups excluding carboxylic acids is 1. The summed E-state index contributed by atoms with van der Waals surface area (Å²) in [5.41, 5.74) is 5.03. The van der Waals surface area contributed by atoms with Gasteiger partial charge < -0.3 is 10.2 Å². The van der Waals surface area contributed by atoms with E-state index in [1.165, 1.54) is 5.56 Å². The number of likely N-dealkylation sites (N-methyl/N-ethyl adjacent to an activating group) is 1. The van der Waals surface area contributed by atoms with Crippen LogP contribution < -0.4 is 5.32 Å². The van der Waals surface area contributed by atoms with Crippen LogP contribution in [0.4, 0.5) is 10.5 Å². The third-order valence-corrected chi connectivity index (χ3v) is 4.38. The van der Waals surface area contributed by atoms with Crippen LogP contribution in [0.5, 0.6) is 0 Å². The quantitative estimate of drug-likeness (QED) is 0.926. The Morgan fingerprint density at radius 1 is 1.35 bits per heavy atom. The van der Waals surface area contributed by atoms with Crippen molar-refractivity contribution in [3.63, 3.8) is 0 Å². The smallest absolute Gasteiger partial charge is 0.321 e. The summed E-state index contributed by atoms with van der Waals surface area (Å²) in [6, 6.07) is 5.40. The highest BCUT2D eigenvalue weighted by Gasteiger charge is 2.14. The van der Waals surface area contributed by atoms with Crippen LogP contribution in [0.1, 0.15) is 22.5 Å². The number of urea groups is 1. The highest BCUT2D eigenvalue weighted by molar-refractivity contribution is 6.33. The molecule has 0 spiro atoms. The number of hydrogen-bond acceptors (Lipinski definition) is 2. The predicted molar refractivity (Wildman–Crippen MR) is 94.2 cm³/mol. The molecule has 1 N–H and O–H groups in total. The topological polar surface area (TPSA) is 50.2 Å². The summed E-state index contributed by atoms with van der Waals surface area (Å²) < 4.78 is 1.87. The lowest BCUT2D eigenvalue weighted by Gasteiger charge is -2.18. The predicted octanol–water partition coefficient (Wildman–Crippen LogP) is 3.71. The Kier molecular flexibility index (Phi) is 5.31. The zero-order chi connectivity index (χ0) is 17.1. The molecule has 1 aromatic carbocycles. The van der Waals surface area contributed by atoms with Crippen molar-refractivity contribution in [1.82, 2.24) is 14.7 Å². The second-order valence-electron chi connectivity index (χ2n) is 5.86. The van der Waals surface area contributed by atoms with Crippen LogP contribution in [0, 0.1) is 20.8 Å². The Balaban J connectivity index is 1.97. The lowest BCUT2D eigenvalue weighted by molar-refractivity contribution is 0.223. The molecule has 2 aromatic rings. The first-order chi connectivity index (χ1) is 10.8. The molecular formula is C17H23ClN4O. The van der Waals surface area contributed by atoms with Gasteiger partial charge in [-0.3, -0.25) is 4.68 Å². The number of hydrogen-bond donors (Lipinski definition) is 1. The van der Waals surface area contributed by atoms with Crippen LogP contribution in [0.2, 0.25) is 5.02 Å². The first-order valence-corrected chi connectivity index (χ1v) is 7.94. The minimum absolute atomic E-state index is 0.171. The van der Waals surface area contributed by atoms with E-state index in [2.05, 4.69) is 10.4 Å². The Morgan fingerprint density at radius 2 is 2.04 bits per heavy atom. The first kappa shape index (κ1) is 17.3. The number of benzene rings is 1. The molecule has 2 amide bonds. The highest BCUT2D eigenvalue weighted by atomic mass is 35.5. The van der Waals surface area contributed by atoms with E-state index in [-0.39, 0.29) is 6.03 Å². The molecule has 0 aliphatic rings. The number of nitrogens with zero attached hydrogens (tertiary/aromatic N) is 3. The zero-order valence-corrected chi connectivity index (χ0v) is 15.0. The Morgan fingerprint density at radius 3 is 2.61 bits per heavy atom. The lowest BCUT2D eigenvalue weighted by atomic mass is 10.1. The van der Waals surface area contributed by atoms with Crippen molar-refractivity contribution < 1.29 is 4.79 Å². The van der Waals surface area contributed by atoms with Crippen molar-refractivity contribution in [2.45, 2.75) is 27.2 Å². The highest BCUT2D eigenvalue weighted by Crippen LogP contribution is 2.23. The van der Waals surface area contributed by atoms with Crippen LogP contribution in [-0.4, -0.2) is 34.3 Å². The van der Waals surface area contributed by atoms with Gasteiger partial charge in [0, 0.05) is 26.3 Å². The van der Waals surface area contributed by atoms with E-state index < -0.39 is 0 Å². The van der Waals surface area contributed by atoms with Gasteiger partial charge in [-0.25, -0.2) is 4.79 Å². The van der Waals surface area contributed by atoms with Gasteiger partial charge in [-0.15, -0.1) is 0 Å². The number of aryl methyl sites for hydroxylation is 3. The molecule has 2 rings (SSSR count). The average Bonchev–Trinajstić information content (AvgIpc) is 2.72. The standard InChI is InChI=1S/C17H23ClN4O/c1-11-6-7-16(15(18)10-11)19-17(23)21(4)9-8-14-12(2)20-22(5)13(14)3/h6-7,10H,8-9H2,1-5H3,(H,19,23). The molecule has 124 valence electrons. The minimum atomic E-state index is -0.171. The second-order valence-corrected chi connectivity index (χ2v) is 6.27. The summed E-state index contributed by atoms with van der Waals surface area (Å²) in [6.45, 7) is 6.61. The Labute approximate surface area is 142 Å². The first-order valence-electron chi connectivity index (χ1n) is 7.57. The fourth-order valence-electron chi connectivity index (χ4n) is 2.49. The van der Waals surface area contributed by atoms with Crippen LogP contribution in [0.3, 0.4) is 0 Å². The number of nitrogens with one attached hydrogen (secondary N) is 1. The maximum absolute atomic E-state index is 12.3. The SMILES string of the molecule is Cc1ccc(NC(=O)N(C)CCc2c(C)nn(C)c2C)c(Cl)c1. The summed E-state index contributed by atoms with van der Waals surface area (Å²) in [5, 5.41) is 7.79. The summed E-state index contributed by atoms with van der Waals surface area (Å²) in [7, 11) is 3.71. The van der Waals surface area contributed by atoms with Crippen LogP contribution in [0.25, 0.3) is 0 Å². The van der Waals surface area contributed by atoms with Crippen molar-refractivity contribution in [1.29, 1.82) is 0 Å². The second kappa shape index (κ2) is 7.04. The third-order valence-electron chi connectivity index (χ3n) is 4.07. The van der Waals surface area contributed by atoms with E-state index in [9.17, 15) is 4.79 Å². The molecule has 0 bridgehead atoms. The lowest BCUT2D eigenvalue weighted by Crippen LogP contribution is -2.33. The summed E-state index contributed by atoms with van der Waals surface area (Å²) in [6.07, 6.45) is 0.775. The van der Waals surface area contributed by atoms with E-state index in [0.717, 1.165) is 23.4 Å². The van der Waals surface area contributed by atoms with Gasteiger partial charge in [0.15, 0.2) is 0 Å². The van der Waals surface area contributed by atoms with Gasteiger partial charge in [-0.1, -0.05) is 17.7 Å². The molecule has 0 unspecified atom stereocenters. The number of rotatable bonds is 4. The molecular weight excluding hydrogens is 312 g/mol. The zero-order valence-electron chi connectivity index (χ0n) is 14.3. The van der Waals surface area contributed by atoms with Gasteiger partial charge >= 0.3 is 6.03 Å². The van der Waals surface area contributed by atoms with Gasteiger partial charge in [0.25, 0.3) is 0 Å². The molecule has 0 saturated carbocycles. The fraction of sp³-hybridized carbons (Fsp3) is 0.412. The number of carbonyl (C=O) groups is 1. The van der Waals surface area contributed by atoms with Gasteiger partial charge in [0.05, 0.1) is 16.4 Å². The van der Waals surface area contributed by atoms with E-state index in [1.54, 1.807) is 11.9 Å². The molecule has 0 saturated heterocycles. The van der Waals surface area contributed by atoms with Crippen molar-refractivity contribution in [3.05, 3.63) is 45.7 Å². The maximum atomic E-state index is 12.3. The molecule has 6 heteroatoms. The van der Waals surface area contributed by atoms with Gasteiger partial charge in [0.2, 0.25) is 0 Å². The van der Waals surface area contributed by atoms with E-state index in [1.807, 2.05) is 50.7 Å². The molecule has 23 heavy (non-hydrogen) atoms. The number of halogens is 1. The van der Waals surface area contributed by atoms with Gasteiger partial charge in [-0.05, 0) is 50.5 Å². The van der Waals surface area contributed by atoms with Crippen molar-refractivity contribution in [2.75, 3.05) is 18.9 Å². The molecule has 5 nitrogen and oxygen atoms in total. The molecule has 0 aliphatic carbocycles. The van der Waals surface area contributed by atoms with Gasteiger partial charge in [0.1, 0.15) is 0 Å². The van der Waals surface area contributed by atoms with Crippen LogP contribution >= 0.6 is 11.6 Å². The largest absolute Gasteiger partial charge is 0.327 e. The van der Waals surface area contributed by atoms with Crippen molar-refractivity contribution >= 4 is 23.3 Å². The monoisotopic (exact) mass is 334 g/mol. The number of aromatic nitrogens is 2. The fourth-order valence-corrected chi connectivity index (χ4v) is 2.77. The molecule has 0 fully saturated rings. The Hall–Kier alpha value is -2.01. The third kappa shape index (κ3) is 4.05. The van der Waals surface area contributed by atoms with E-state index >= 15 is 0 Å². The van der Waals surface area contributed by atoms with Crippen LogP contribution in [-0.2, 0) is 13.5 Å². The normalized spacial score (nSPS) is 10.7. The summed E-state index contributed by atoms with van der Waals surface area (Å²) >= 11 is 6.15. The summed E-state index contributed by atoms with van der Waals surface area (Å²) in [5.74, 6) is 0. The average molecular weight is 335 g/mol. The Bertz CT molecular complexity index is 724. The molecule has 0 radical (unpaired) electrons. The summed E-state index contributed by atoms with van der Waals surface area (Å²) in [4.78, 5) is 13.9. The molecule has 0 atom stereocenters. The van der Waals surface area contributed by atoms with E-state index in [4.69, 9.17) is 11.6 Å². The van der Waals surface area contributed by atoms with Crippen LogP contribution in [0.15, 0.2) is 18.2 Å². The maximum Gasteiger partial charge on any atom is 0.321 e. The molecule has 1 aromatic heterocycles. The van der Waals surface area contributed by atoms with Gasteiger partial charge in [-0.2, -0.15) is 5.10 Å². The van der Waals surface area contributed by atoms with Crippen molar-refractivity contribution in [2.24, 2.45) is 7.05 Å². The number of amides is 2. The molecule has 1 heterocycles. The van der Waals surface area contributed by atoms with Crippen molar-refractivity contribution in [3.8, 4) is 0 Å².